The molecule has 1 saturated heterocycles. The third kappa shape index (κ3) is 3.84. The van der Waals surface area contributed by atoms with Gasteiger partial charge in [-0.2, -0.15) is 18.3 Å². The number of anilines is 1. The Balaban J connectivity index is 2.15. The number of halogens is 4. The van der Waals surface area contributed by atoms with E-state index in [4.69, 9.17) is 16.3 Å². The van der Waals surface area contributed by atoms with Crippen LogP contribution < -0.4 is 11.0 Å². The zero-order valence-corrected chi connectivity index (χ0v) is 11.0. The number of ether oxygens (including phenoxy) is 1. The lowest BCUT2D eigenvalue weighted by molar-refractivity contribution is -0.143. The van der Waals surface area contributed by atoms with E-state index in [1.54, 1.807) is 5.01 Å². The summed E-state index contributed by atoms with van der Waals surface area (Å²) in [6.07, 6.45) is -3.43. The lowest BCUT2D eigenvalue weighted by atomic mass is 10.4. The van der Waals surface area contributed by atoms with Crippen molar-refractivity contribution in [2.24, 2.45) is 0 Å². The average Bonchev–Trinajstić information content (AvgIpc) is 2.38. The molecular weight excluding hydrogens is 301 g/mol. The van der Waals surface area contributed by atoms with Crippen LogP contribution in [0.15, 0.2) is 11.0 Å². The molecule has 1 aromatic rings. The molecule has 112 valence electrons. The summed E-state index contributed by atoms with van der Waals surface area (Å²) in [4.78, 5) is 11.7. The monoisotopic (exact) mass is 312 g/mol. The quantitative estimate of drug-likeness (QED) is 0.906. The van der Waals surface area contributed by atoms with Gasteiger partial charge >= 0.3 is 6.18 Å². The van der Waals surface area contributed by atoms with Gasteiger partial charge in [0.15, 0.2) is 0 Å². The van der Waals surface area contributed by atoms with Crippen molar-refractivity contribution < 1.29 is 17.9 Å². The summed E-state index contributed by atoms with van der Waals surface area (Å²) in [5, 5.41) is 4.90. The maximum atomic E-state index is 12.2. The Morgan fingerprint density at radius 3 is 2.65 bits per heavy atom. The van der Waals surface area contributed by atoms with Gasteiger partial charge in [-0.05, 0) is 0 Å². The van der Waals surface area contributed by atoms with Crippen molar-refractivity contribution in [2.75, 3.05) is 31.7 Å². The predicted octanol–water partition coefficient (Wildman–Crippen LogP) is 1.12. The van der Waals surface area contributed by atoms with Gasteiger partial charge in [-0.1, -0.05) is 11.6 Å². The molecule has 20 heavy (non-hydrogen) atoms. The molecule has 0 atom stereocenters. The Kier molecular flexibility index (Phi) is 4.51. The van der Waals surface area contributed by atoms with E-state index in [1.807, 2.05) is 0 Å². The summed E-state index contributed by atoms with van der Waals surface area (Å²) in [6, 6.07) is 0. The highest BCUT2D eigenvalue weighted by Crippen LogP contribution is 2.19. The first-order chi connectivity index (χ1) is 9.37. The number of nitrogens with zero attached hydrogens (tertiary/aromatic N) is 3. The number of alkyl halides is 3. The van der Waals surface area contributed by atoms with Crippen LogP contribution in [-0.2, 0) is 11.3 Å². The fourth-order valence-electron chi connectivity index (χ4n) is 1.67. The van der Waals surface area contributed by atoms with Gasteiger partial charge in [-0.3, -0.25) is 4.79 Å². The van der Waals surface area contributed by atoms with Gasteiger partial charge in [0, 0.05) is 13.1 Å². The summed E-state index contributed by atoms with van der Waals surface area (Å²) >= 11 is 5.79. The predicted molar refractivity (Wildman–Crippen MR) is 65.6 cm³/mol. The Bertz CT molecular complexity index is 528. The van der Waals surface area contributed by atoms with Gasteiger partial charge in [0.05, 0.1) is 25.1 Å². The van der Waals surface area contributed by atoms with Crippen molar-refractivity contribution >= 4 is 17.3 Å². The molecule has 10 heteroatoms. The number of aromatic nitrogens is 2. The summed E-state index contributed by atoms with van der Waals surface area (Å²) in [5.74, 6) is 0. The molecule has 1 fully saturated rings. The molecule has 2 heterocycles. The third-order valence-electron chi connectivity index (χ3n) is 2.60. The highest BCUT2D eigenvalue weighted by atomic mass is 35.5. The first-order valence-corrected chi connectivity index (χ1v) is 6.16. The first kappa shape index (κ1) is 15.1. The topological polar surface area (TPSA) is 59.4 Å². The number of morpholine rings is 1. The van der Waals surface area contributed by atoms with E-state index in [0.717, 1.165) is 6.20 Å². The molecule has 0 amide bonds. The van der Waals surface area contributed by atoms with Crippen molar-refractivity contribution in [1.82, 2.24) is 14.8 Å². The van der Waals surface area contributed by atoms with Crippen molar-refractivity contribution in [2.45, 2.75) is 12.7 Å². The molecule has 0 bridgehead atoms. The number of hydrazine groups is 1. The van der Waals surface area contributed by atoms with Crippen LogP contribution in [0.4, 0.5) is 18.9 Å². The highest BCUT2D eigenvalue weighted by molar-refractivity contribution is 6.32. The van der Waals surface area contributed by atoms with Crippen molar-refractivity contribution in [1.29, 1.82) is 0 Å². The van der Waals surface area contributed by atoms with Crippen LogP contribution >= 0.6 is 11.6 Å². The second-order valence-corrected chi connectivity index (χ2v) is 4.54. The fourth-order valence-corrected chi connectivity index (χ4v) is 1.86. The average molecular weight is 313 g/mol. The minimum Gasteiger partial charge on any atom is -0.379 e. The van der Waals surface area contributed by atoms with Crippen LogP contribution in [0.5, 0.6) is 0 Å². The van der Waals surface area contributed by atoms with Crippen molar-refractivity contribution in [3.05, 3.63) is 21.6 Å². The second kappa shape index (κ2) is 5.98. The molecule has 0 radical (unpaired) electrons. The van der Waals surface area contributed by atoms with E-state index in [-0.39, 0.29) is 15.4 Å². The molecule has 1 aliphatic rings. The van der Waals surface area contributed by atoms with Gasteiger partial charge in [-0.15, -0.1) is 0 Å². The highest BCUT2D eigenvalue weighted by Gasteiger charge is 2.29. The standard InChI is InChI=1S/C10H12ClF3N4O2/c11-8-7(16-17-1-3-20-4-2-17)5-15-18(9(8)19)6-10(12,13)14/h5,16H,1-4,6H2. The zero-order valence-electron chi connectivity index (χ0n) is 10.3. The smallest absolute Gasteiger partial charge is 0.379 e. The maximum Gasteiger partial charge on any atom is 0.408 e. The van der Waals surface area contributed by atoms with Crippen LogP contribution in [0.2, 0.25) is 5.02 Å². The van der Waals surface area contributed by atoms with E-state index in [9.17, 15) is 18.0 Å². The Labute approximate surface area is 117 Å². The van der Waals surface area contributed by atoms with Gasteiger partial charge in [-0.25, -0.2) is 9.69 Å². The van der Waals surface area contributed by atoms with E-state index in [2.05, 4.69) is 10.5 Å². The van der Waals surface area contributed by atoms with E-state index in [0.29, 0.717) is 26.3 Å². The van der Waals surface area contributed by atoms with E-state index < -0.39 is 18.3 Å². The van der Waals surface area contributed by atoms with Gasteiger partial charge < -0.3 is 10.2 Å². The van der Waals surface area contributed by atoms with Crippen LogP contribution in [0.1, 0.15) is 0 Å². The molecule has 0 aromatic carbocycles. The molecule has 0 saturated carbocycles. The Morgan fingerprint density at radius 1 is 1.40 bits per heavy atom. The number of hydrogen-bond donors (Lipinski definition) is 1. The van der Waals surface area contributed by atoms with Crippen LogP contribution in [0.25, 0.3) is 0 Å². The van der Waals surface area contributed by atoms with E-state index in [1.165, 1.54) is 0 Å². The minimum atomic E-state index is -4.53. The van der Waals surface area contributed by atoms with Crippen LogP contribution in [0, 0.1) is 0 Å². The third-order valence-corrected chi connectivity index (χ3v) is 2.97. The minimum absolute atomic E-state index is 0.178. The lowest BCUT2D eigenvalue weighted by Gasteiger charge is -2.28. The molecule has 0 aliphatic carbocycles. The molecule has 6 nitrogen and oxygen atoms in total. The summed E-state index contributed by atoms with van der Waals surface area (Å²) < 4.78 is 42.2. The second-order valence-electron chi connectivity index (χ2n) is 4.16. The van der Waals surface area contributed by atoms with Gasteiger partial charge in [0.1, 0.15) is 11.6 Å². The molecule has 0 unspecified atom stereocenters. The summed E-state index contributed by atoms with van der Waals surface area (Å²) in [5.41, 5.74) is 2.04. The Hall–Kier alpha value is -1.32. The molecule has 1 aliphatic heterocycles. The summed E-state index contributed by atoms with van der Waals surface area (Å²) in [7, 11) is 0. The van der Waals surface area contributed by atoms with Gasteiger partial charge in [0.2, 0.25) is 0 Å². The summed E-state index contributed by atoms with van der Waals surface area (Å²) in [6.45, 7) is 0.708. The largest absolute Gasteiger partial charge is 0.408 e. The van der Waals surface area contributed by atoms with Crippen molar-refractivity contribution in [3.8, 4) is 0 Å². The van der Waals surface area contributed by atoms with Crippen molar-refractivity contribution in [3.63, 3.8) is 0 Å². The first-order valence-electron chi connectivity index (χ1n) is 5.78. The molecule has 1 N–H and O–H groups in total. The lowest BCUT2D eigenvalue weighted by Crippen LogP contribution is -2.41. The van der Waals surface area contributed by atoms with Gasteiger partial charge in [0.25, 0.3) is 5.56 Å². The maximum absolute atomic E-state index is 12.2. The number of rotatable bonds is 3. The molecule has 2 rings (SSSR count). The van der Waals surface area contributed by atoms with E-state index >= 15 is 0 Å². The zero-order chi connectivity index (χ0) is 14.8. The Morgan fingerprint density at radius 2 is 2.05 bits per heavy atom. The fraction of sp³-hybridized carbons (Fsp3) is 0.600. The molecule has 1 aromatic heterocycles. The molecule has 0 spiro atoms. The van der Waals surface area contributed by atoms with Crippen LogP contribution in [0.3, 0.4) is 0 Å². The SMILES string of the molecule is O=c1c(Cl)c(NN2CCOCC2)cnn1CC(F)(F)F. The van der Waals surface area contributed by atoms with Crippen LogP contribution in [-0.4, -0.2) is 47.3 Å². The number of hydrogen-bond acceptors (Lipinski definition) is 5. The number of nitrogens with one attached hydrogen (secondary N) is 1. The molecular formula is C10H12ClF3N4O2. The normalized spacial score (nSPS) is 17.2.